The van der Waals surface area contributed by atoms with E-state index >= 15 is 0 Å². The van der Waals surface area contributed by atoms with Gasteiger partial charge >= 0.3 is 0 Å². The van der Waals surface area contributed by atoms with Crippen molar-refractivity contribution in [2.24, 2.45) is 5.10 Å². The van der Waals surface area contributed by atoms with Crippen molar-refractivity contribution in [3.8, 4) is 5.75 Å². The lowest BCUT2D eigenvalue weighted by Gasteiger charge is -2.08. The molecule has 0 bridgehead atoms. The first-order chi connectivity index (χ1) is 9.81. The van der Waals surface area contributed by atoms with Crippen LogP contribution in [0.3, 0.4) is 0 Å². The largest absolute Gasteiger partial charge is 0.493 e. The van der Waals surface area contributed by atoms with E-state index in [0.717, 1.165) is 5.56 Å². The van der Waals surface area contributed by atoms with E-state index in [1.807, 2.05) is 19.1 Å². The molecule has 0 saturated carbocycles. The number of benzene rings is 1. The van der Waals surface area contributed by atoms with Crippen molar-refractivity contribution >= 4 is 12.1 Å². The molecule has 0 radical (unpaired) electrons. The maximum atomic E-state index is 12.0. The number of carbonyl (C=O) groups excluding carboxylic acids is 1. The van der Waals surface area contributed by atoms with Gasteiger partial charge in [0, 0.05) is 18.0 Å². The summed E-state index contributed by atoms with van der Waals surface area (Å²) in [5, 5.41) is 3.90. The van der Waals surface area contributed by atoms with Crippen LogP contribution in [0.2, 0.25) is 0 Å². The Kier molecular flexibility index (Phi) is 4.83. The minimum absolute atomic E-state index is 0.311. The Hall–Kier alpha value is -2.69. The molecule has 0 aliphatic rings. The van der Waals surface area contributed by atoms with Crippen molar-refractivity contribution < 1.29 is 9.53 Å². The van der Waals surface area contributed by atoms with Gasteiger partial charge in [0.05, 0.1) is 18.4 Å². The first-order valence-corrected chi connectivity index (χ1v) is 6.26. The molecule has 2 aromatic rings. The molecule has 0 aliphatic heterocycles. The molecule has 0 spiro atoms. The topological polar surface area (TPSA) is 63.6 Å². The Balaban J connectivity index is 2.04. The van der Waals surface area contributed by atoms with Crippen LogP contribution in [0.15, 0.2) is 53.9 Å². The highest BCUT2D eigenvalue weighted by Gasteiger charge is 2.10. The molecule has 0 atom stereocenters. The fraction of sp³-hybridized carbons (Fsp3) is 0.133. The summed E-state index contributed by atoms with van der Waals surface area (Å²) in [5.74, 6) is 0.235. The summed E-state index contributed by atoms with van der Waals surface area (Å²) >= 11 is 0. The van der Waals surface area contributed by atoms with Gasteiger partial charge < -0.3 is 4.74 Å². The number of para-hydroxylation sites is 1. The van der Waals surface area contributed by atoms with Crippen molar-refractivity contribution in [3.63, 3.8) is 0 Å². The average molecular weight is 269 g/mol. The molecular weight excluding hydrogens is 254 g/mol. The first kappa shape index (κ1) is 13.7. The van der Waals surface area contributed by atoms with Crippen molar-refractivity contribution in [2.75, 3.05) is 6.61 Å². The van der Waals surface area contributed by atoms with Crippen LogP contribution in [0.1, 0.15) is 22.8 Å². The third-order valence-corrected chi connectivity index (χ3v) is 2.50. The van der Waals surface area contributed by atoms with Crippen molar-refractivity contribution in [3.05, 3.63) is 59.9 Å². The summed E-state index contributed by atoms with van der Waals surface area (Å²) in [4.78, 5) is 16.0. The standard InChI is InChI=1S/C15H15N3O2/c1-2-20-14-8-4-3-7-13(14)15(19)18-17-11-12-6-5-9-16-10-12/h3-11H,2H2,1H3,(H,18,19). The van der Waals surface area contributed by atoms with Gasteiger partial charge in [-0.05, 0) is 25.1 Å². The number of nitrogens with one attached hydrogen (secondary N) is 1. The van der Waals surface area contributed by atoms with Crippen LogP contribution in [-0.4, -0.2) is 23.7 Å². The quantitative estimate of drug-likeness (QED) is 0.669. The number of hydrogen-bond donors (Lipinski definition) is 1. The minimum Gasteiger partial charge on any atom is -0.493 e. The van der Waals surface area contributed by atoms with Gasteiger partial charge in [-0.25, -0.2) is 5.43 Å². The molecule has 1 heterocycles. The van der Waals surface area contributed by atoms with Crippen LogP contribution < -0.4 is 10.2 Å². The zero-order chi connectivity index (χ0) is 14.2. The molecule has 102 valence electrons. The first-order valence-electron chi connectivity index (χ1n) is 6.26. The number of nitrogens with zero attached hydrogens (tertiary/aromatic N) is 2. The predicted molar refractivity (Wildman–Crippen MR) is 76.9 cm³/mol. The van der Waals surface area contributed by atoms with Gasteiger partial charge in [-0.15, -0.1) is 0 Å². The van der Waals surface area contributed by atoms with Crippen LogP contribution in [0.4, 0.5) is 0 Å². The van der Waals surface area contributed by atoms with E-state index in [1.165, 1.54) is 6.21 Å². The fourth-order valence-corrected chi connectivity index (χ4v) is 1.61. The van der Waals surface area contributed by atoms with Crippen molar-refractivity contribution in [1.29, 1.82) is 0 Å². The highest BCUT2D eigenvalue weighted by Crippen LogP contribution is 2.17. The molecule has 2 rings (SSSR count). The summed E-state index contributed by atoms with van der Waals surface area (Å²) in [6, 6.07) is 10.7. The summed E-state index contributed by atoms with van der Waals surface area (Å²) < 4.78 is 5.40. The van der Waals surface area contributed by atoms with E-state index in [0.29, 0.717) is 17.9 Å². The molecule has 0 aliphatic carbocycles. The molecule has 5 nitrogen and oxygen atoms in total. The molecule has 20 heavy (non-hydrogen) atoms. The molecular formula is C15H15N3O2. The normalized spacial score (nSPS) is 10.4. The number of rotatable bonds is 5. The summed E-state index contributed by atoms with van der Waals surface area (Å²) in [7, 11) is 0. The van der Waals surface area contributed by atoms with Gasteiger partial charge in [-0.3, -0.25) is 9.78 Å². The van der Waals surface area contributed by atoms with Gasteiger partial charge in [0.2, 0.25) is 0 Å². The van der Waals surface area contributed by atoms with Crippen LogP contribution in [0, 0.1) is 0 Å². The van der Waals surface area contributed by atoms with E-state index in [9.17, 15) is 4.79 Å². The van der Waals surface area contributed by atoms with Gasteiger partial charge in [0.25, 0.3) is 5.91 Å². The number of hydrogen-bond acceptors (Lipinski definition) is 4. The summed E-state index contributed by atoms with van der Waals surface area (Å²) in [5.41, 5.74) is 3.74. The van der Waals surface area contributed by atoms with E-state index in [2.05, 4.69) is 15.5 Å². The molecule has 1 aromatic heterocycles. The van der Waals surface area contributed by atoms with Crippen LogP contribution >= 0.6 is 0 Å². The van der Waals surface area contributed by atoms with Gasteiger partial charge in [0.1, 0.15) is 5.75 Å². The third-order valence-electron chi connectivity index (χ3n) is 2.50. The SMILES string of the molecule is CCOc1ccccc1C(=O)NN=Cc1cccnc1. The molecule has 5 heteroatoms. The Morgan fingerprint density at radius 2 is 2.20 bits per heavy atom. The Labute approximate surface area is 117 Å². The average Bonchev–Trinajstić information content (AvgIpc) is 2.49. The lowest BCUT2D eigenvalue weighted by atomic mass is 10.2. The number of ether oxygens (including phenoxy) is 1. The highest BCUT2D eigenvalue weighted by molar-refractivity contribution is 5.97. The number of amides is 1. The summed E-state index contributed by atoms with van der Waals surface area (Å²) in [6.45, 7) is 2.37. The highest BCUT2D eigenvalue weighted by atomic mass is 16.5. The van der Waals surface area contributed by atoms with Gasteiger partial charge in [-0.1, -0.05) is 18.2 Å². The van der Waals surface area contributed by atoms with Crippen molar-refractivity contribution in [2.45, 2.75) is 6.92 Å². The fourth-order valence-electron chi connectivity index (χ4n) is 1.61. The molecule has 0 unspecified atom stereocenters. The Morgan fingerprint density at radius 3 is 2.95 bits per heavy atom. The van der Waals surface area contributed by atoms with Gasteiger partial charge in [-0.2, -0.15) is 5.10 Å². The molecule has 1 N–H and O–H groups in total. The molecule has 0 saturated heterocycles. The van der Waals surface area contributed by atoms with E-state index in [4.69, 9.17) is 4.74 Å². The zero-order valence-electron chi connectivity index (χ0n) is 11.1. The molecule has 1 amide bonds. The Bertz CT molecular complexity index is 597. The Morgan fingerprint density at radius 1 is 1.35 bits per heavy atom. The lowest BCUT2D eigenvalue weighted by molar-refractivity contribution is 0.0951. The number of pyridine rings is 1. The molecule has 1 aromatic carbocycles. The second-order valence-corrected chi connectivity index (χ2v) is 3.91. The van der Waals surface area contributed by atoms with E-state index < -0.39 is 0 Å². The number of carbonyl (C=O) groups is 1. The monoisotopic (exact) mass is 269 g/mol. The van der Waals surface area contributed by atoms with Crippen LogP contribution in [0.5, 0.6) is 5.75 Å². The van der Waals surface area contributed by atoms with Crippen LogP contribution in [0.25, 0.3) is 0 Å². The smallest absolute Gasteiger partial charge is 0.275 e. The predicted octanol–water partition coefficient (Wildman–Crippen LogP) is 2.24. The lowest BCUT2D eigenvalue weighted by Crippen LogP contribution is -2.18. The van der Waals surface area contributed by atoms with Crippen LogP contribution in [-0.2, 0) is 0 Å². The number of hydrazone groups is 1. The third kappa shape index (κ3) is 3.65. The molecule has 0 fully saturated rings. The van der Waals surface area contributed by atoms with Gasteiger partial charge in [0.15, 0.2) is 0 Å². The van der Waals surface area contributed by atoms with E-state index in [1.54, 1.807) is 36.7 Å². The second-order valence-electron chi connectivity index (χ2n) is 3.91. The maximum Gasteiger partial charge on any atom is 0.275 e. The zero-order valence-corrected chi connectivity index (χ0v) is 11.1. The minimum atomic E-state index is -0.311. The van der Waals surface area contributed by atoms with Crippen molar-refractivity contribution in [1.82, 2.24) is 10.4 Å². The number of aromatic nitrogens is 1. The maximum absolute atomic E-state index is 12.0. The second kappa shape index (κ2) is 7.04. The summed E-state index contributed by atoms with van der Waals surface area (Å²) in [6.07, 6.45) is 4.87. The van der Waals surface area contributed by atoms with E-state index in [-0.39, 0.29) is 5.91 Å².